The molecule has 0 spiro atoms. The largest absolute Gasteiger partial charge is 0.374 e. The van der Waals surface area contributed by atoms with E-state index in [4.69, 9.17) is 10.5 Å². The Balaban J connectivity index is 2.47. The third-order valence-corrected chi connectivity index (χ3v) is 3.82. The Morgan fingerprint density at radius 2 is 2.18 bits per heavy atom. The van der Waals surface area contributed by atoms with Gasteiger partial charge in [-0.15, -0.1) is 0 Å². The highest BCUT2D eigenvalue weighted by Crippen LogP contribution is 2.07. The summed E-state index contributed by atoms with van der Waals surface area (Å²) < 4.78 is 28.0. The summed E-state index contributed by atoms with van der Waals surface area (Å²) >= 11 is 0. The zero-order valence-corrected chi connectivity index (χ0v) is 11.4. The van der Waals surface area contributed by atoms with Gasteiger partial charge in [-0.05, 0) is 20.8 Å². The maximum absolute atomic E-state index is 11.4. The van der Waals surface area contributed by atoms with Gasteiger partial charge >= 0.3 is 0 Å². The van der Waals surface area contributed by atoms with Crippen molar-refractivity contribution < 1.29 is 13.2 Å². The first-order valence-electron chi connectivity index (χ1n) is 5.58. The van der Waals surface area contributed by atoms with Crippen molar-refractivity contribution in [2.45, 2.75) is 32.4 Å². The third-order valence-electron chi connectivity index (χ3n) is 2.16. The van der Waals surface area contributed by atoms with E-state index in [0.717, 1.165) is 0 Å². The molecule has 1 rings (SSSR count). The molecule has 0 aliphatic carbocycles. The van der Waals surface area contributed by atoms with Gasteiger partial charge in [0.05, 0.1) is 30.8 Å². The van der Waals surface area contributed by atoms with Crippen molar-refractivity contribution in [3.05, 3.63) is 0 Å². The first-order valence-corrected chi connectivity index (χ1v) is 7.40. The quantitative estimate of drug-likeness (QED) is 0.517. The Morgan fingerprint density at radius 3 is 2.71 bits per heavy atom. The molecule has 6 nitrogen and oxygen atoms in total. The molecule has 0 aromatic rings. The fourth-order valence-electron chi connectivity index (χ4n) is 1.49. The second-order valence-electron chi connectivity index (χ2n) is 5.21. The maximum Gasteiger partial charge on any atom is 0.189 e. The summed E-state index contributed by atoms with van der Waals surface area (Å²) in [5.41, 5.74) is 5.52. The average Bonchev–Trinajstić information content (AvgIpc) is 2.10. The summed E-state index contributed by atoms with van der Waals surface area (Å²) in [6.07, 6.45) is -0.380. The van der Waals surface area contributed by atoms with Crippen LogP contribution in [0.1, 0.15) is 20.8 Å². The van der Waals surface area contributed by atoms with E-state index in [0.29, 0.717) is 5.96 Å². The van der Waals surface area contributed by atoms with Crippen LogP contribution in [0.2, 0.25) is 0 Å². The molecule has 1 aliphatic heterocycles. The number of hydrogen-bond acceptors (Lipinski definition) is 4. The van der Waals surface area contributed by atoms with E-state index in [9.17, 15) is 8.42 Å². The molecule has 0 amide bonds. The van der Waals surface area contributed by atoms with E-state index in [1.807, 2.05) is 20.8 Å². The van der Waals surface area contributed by atoms with Crippen LogP contribution in [0.3, 0.4) is 0 Å². The molecular formula is C10H21N3O3S. The normalized spacial score (nSPS) is 25.6. The number of nitrogens with two attached hydrogens (primary N) is 1. The van der Waals surface area contributed by atoms with Crippen LogP contribution >= 0.6 is 0 Å². The van der Waals surface area contributed by atoms with E-state index >= 15 is 0 Å². The van der Waals surface area contributed by atoms with Crippen LogP contribution in [0.4, 0.5) is 0 Å². The molecule has 1 unspecified atom stereocenters. The molecule has 0 radical (unpaired) electrons. The van der Waals surface area contributed by atoms with Gasteiger partial charge in [-0.3, -0.25) is 4.99 Å². The second kappa shape index (κ2) is 5.22. The van der Waals surface area contributed by atoms with Crippen LogP contribution in [0.25, 0.3) is 0 Å². The fourth-order valence-corrected chi connectivity index (χ4v) is 2.77. The number of ether oxygens (including phenoxy) is 1. The number of guanidine groups is 1. The minimum absolute atomic E-state index is 0.0271. The molecule has 1 saturated heterocycles. The Morgan fingerprint density at radius 1 is 1.53 bits per heavy atom. The lowest BCUT2D eigenvalue weighted by molar-refractivity contribution is 0.0782. The van der Waals surface area contributed by atoms with E-state index < -0.39 is 9.84 Å². The number of nitrogens with one attached hydrogen (secondary N) is 1. The predicted molar refractivity (Wildman–Crippen MR) is 67.8 cm³/mol. The van der Waals surface area contributed by atoms with E-state index in [1.54, 1.807) is 0 Å². The van der Waals surface area contributed by atoms with Crippen LogP contribution in [-0.4, -0.2) is 50.7 Å². The summed E-state index contributed by atoms with van der Waals surface area (Å²) in [6, 6.07) is 0. The van der Waals surface area contributed by atoms with Crippen molar-refractivity contribution in [3.63, 3.8) is 0 Å². The molecule has 100 valence electrons. The number of nitrogens with zero attached hydrogens (tertiary/aromatic N) is 1. The summed E-state index contributed by atoms with van der Waals surface area (Å²) in [6.45, 7) is 6.42. The standard InChI is InChI=1S/C10H21N3O3S/c1-10(2,3)13-9(11)12-6-8-7-17(14,15)5-4-16-8/h8H,4-7H2,1-3H3,(H3,11,12,13). The van der Waals surface area contributed by atoms with Gasteiger partial charge < -0.3 is 15.8 Å². The van der Waals surface area contributed by atoms with Crippen LogP contribution in [0.5, 0.6) is 0 Å². The van der Waals surface area contributed by atoms with Crippen molar-refractivity contribution in [2.24, 2.45) is 10.7 Å². The zero-order valence-electron chi connectivity index (χ0n) is 10.6. The van der Waals surface area contributed by atoms with Gasteiger partial charge in [-0.25, -0.2) is 8.42 Å². The van der Waals surface area contributed by atoms with Crippen molar-refractivity contribution in [1.29, 1.82) is 0 Å². The Hall–Kier alpha value is -0.820. The third kappa shape index (κ3) is 5.88. The number of rotatable bonds is 2. The van der Waals surface area contributed by atoms with Crippen molar-refractivity contribution in [1.82, 2.24) is 5.32 Å². The smallest absolute Gasteiger partial charge is 0.189 e. The lowest BCUT2D eigenvalue weighted by atomic mass is 10.1. The van der Waals surface area contributed by atoms with Crippen LogP contribution in [0.15, 0.2) is 4.99 Å². The summed E-state index contributed by atoms with van der Waals surface area (Å²) in [4.78, 5) is 4.09. The van der Waals surface area contributed by atoms with Gasteiger partial charge in [-0.1, -0.05) is 0 Å². The summed E-state index contributed by atoms with van der Waals surface area (Å²) in [5.74, 6) is 0.437. The Bertz CT molecular complexity index is 384. The highest BCUT2D eigenvalue weighted by molar-refractivity contribution is 7.91. The molecule has 0 saturated carbocycles. The lowest BCUT2D eigenvalue weighted by Gasteiger charge is -2.23. The molecule has 3 N–H and O–H groups in total. The first-order chi connectivity index (χ1) is 7.68. The lowest BCUT2D eigenvalue weighted by Crippen LogP contribution is -2.45. The highest BCUT2D eigenvalue weighted by Gasteiger charge is 2.25. The van der Waals surface area contributed by atoms with Crippen molar-refractivity contribution >= 4 is 15.8 Å². The van der Waals surface area contributed by atoms with Crippen LogP contribution in [0, 0.1) is 0 Å². The predicted octanol–water partition coefficient (Wildman–Crippen LogP) is -0.497. The van der Waals surface area contributed by atoms with Crippen molar-refractivity contribution in [2.75, 3.05) is 24.7 Å². The van der Waals surface area contributed by atoms with Crippen molar-refractivity contribution in [3.8, 4) is 0 Å². The highest BCUT2D eigenvalue weighted by atomic mass is 32.2. The van der Waals surface area contributed by atoms with Gasteiger partial charge in [0.1, 0.15) is 0 Å². The second-order valence-corrected chi connectivity index (χ2v) is 7.44. The SMILES string of the molecule is CC(C)(C)NC(N)=NCC1CS(=O)(=O)CCO1. The average molecular weight is 263 g/mol. The summed E-state index contributed by atoms with van der Waals surface area (Å²) in [5, 5.41) is 3.00. The van der Waals surface area contributed by atoms with Gasteiger partial charge in [0.25, 0.3) is 0 Å². The first kappa shape index (κ1) is 14.2. The van der Waals surface area contributed by atoms with Crippen LogP contribution in [-0.2, 0) is 14.6 Å². The zero-order chi connectivity index (χ0) is 13.1. The van der Waals surface area contributed by atoms with E-state index in [1.165, 1.54) is 0 Å². The van der Waals surface area contributed by atoms with Gasteiger partial charge in [0, 0.05) is 5.54 Å². The molecule has 0 aromatic heterocycles. The number of aliphatic imine (C=N–C) groups is 1. The Labute approximate surface area is 103 Å². The van der Waals surface area contributed by atoms with Gasteiger partial charge in [-0.2, -0.15) is 0 Å². The molecule has 1 atom stereocenters. The maximum atomic E-state index is 11.4. The molecule has 1 fully saturated rings. The minimum Gasteiger partial charge on any atom is -0.374 e. The summed E-state index contributed by atoms with van der Waals surface area (Å²) in [7, 11) is -2.97. The molecule has 7 heteroatoms. The molecule has 1 heterocycles. The van der Waals surface area contributed by atoms with E-state index in [2.05, 4.69) is 10.3 Å². The number of hydrogen-bond donors (Lipinski definition) is 2. The molecular weight excluding hydrogens is 242 g/mol. The topological polar surface area (TPSA) is 93.8 Å². The minimum atomic E-state index is -2.97. The molecule has 0 aromatic carbocycles. The van der Waals surface area contributed by atoms with Crippen LogP contribution < -0.4 is 11.1 Å². The fraction of sp³-hybridized carbons (Fsp3) is 0.900. The van der Waals surface area contributed by atoms with Gasteiger partial charge in [0.2, 0.25) is 0 Å². The number of sulfone groups is 1. The molecule has 1 aliphatic rings. The molecule has 0 bridgehead atoms. The molecule has 17 heavy (non-hydrogen) atoms. The Kier molecular flexibility index (Phi) is 4.37. The van der Waals surface area contributed by atoms with E-state index in [-0.39, 0.29) is 36.3 Å². The van der Waals surface area contributed by atoms with Gasteiger partial charge in [0.15, 0.2) is 15.8 Å². The monoisotopic (exact) mass is 263 g/mol.